The molecule has 4 aromatic rings. The van der Waals surface area contributed by atoms with Gasteiger partial charge >= 0.3 is 0 Å². The summed E-state index contributed by atoms with van der Waals surface area (Å²) in [4.78, 5) is 17.9. The molecule has 150 valence electrons. The summed E-state index contributed by atoms with van der Waals surface area (Å²) in [6.45, 7) is 2.01. The average Bonchev–Trinajstić information content (AvgIpc) is 3.17. The lowest BCUT2D eigenvalue weighted by Gasteiger charge is -2.07. The van der Waals surface area contributed by atoms with Crippen LogP contribution in [-0.4, -0.2) is 10.9 Å². The number of thiazole rings is 1. The molecule has 0 aliphatic rings. The van der Waals surface area contributed by atoms with Gasteiger partial charge in [-0.3, -0.25) is 10.1 Å². The molecule has 0 radical (unpaired) electrons. The largest absolute Gasteiger partial charge is 0.457 e. The Morgan fingerprint density at radius 3 is 2.60 bits per heavy atom. The van der Waals surface area contributed by atoms with Gasteiger partial charge in [0.2, 0.25) is 0 Å². The molecule has 0 fully saturated rings. The van der Waals surface area contributed by atoms with Crippen LogP contribution in [0, 0.1) is 6.92 Å². The van der Waals surface area contributed by atoms with E-state index < -0.39 is 0 Å². The van der Waals surface area contributed by atoms with Gasteiger partial charge in [0, 0.05) is 28.1 Å². The molecule has 0 spiro atoms. The van der Waals surface area contributed by atoms with E-state index in [1.807, 2.05) is 55.5 Å². The zero-order chi connectivity index (χ0) is 20.9. The quantitative estimate of drug-likeness (QED) is 0.365. The number of hydrogen-bond donors (Lipinski definition) is 1. The Balaban J connectivity index is 1.38. The smallest absolute Gasteiger partial charge is 0.257 e. The zero-order valence-electron chi connectivity index (χ0n) is 16.3. The van der Waals surface area contributed by atoms with Gasteiger partial charge in [0.05, 0.1) is 0 Å². The first-order valence-corrected chi connectivity index (χ1v) is 10.6. The van der Waals surface area contributed by atoms with Crippen molar-refractivity contribution < 1.29 is 9.53 Å². The van der Waals surface area contributed by atoms with Gasteiger partial charge in [0.1, 0.15) is 11.5 Å². The van der Waals surface area contributed by atoms with E-state index in [4.69, 9.17) is 16.3 Å². The van der Waals surface area contributed by atoms with Crippen LogP contribution in [0.25, 0.3) is 0 Å². The van der Waals surface area contributed by atoms with E-state index in [0.717, 1.165) is 26.8 Å². The van der Waals surface area contributed by atoms with Crippen LogP contribution in [0.1, 0.15) is 26.4 Å². The molecule has 30 heavy (non-hydrogen) atoms. The van der Waals surface area contributed by atoms with Gasteiger partial charge in [-0.1, -0.05) is 41.9 Å². The zero-order valence-corrected chi connectivity index (χ0v) is 17.8. The molecule has 4 rings (SSSR count). The van der Waals surface area contributed by atoms with Crippen molar-refractivity contribution in [2.75, 3.05) is 5.32 Å². The Kier molecular flexibility index (Phi) is 6.12. The first kappa shape index (κ1) is 20.1. The maximum atomic E-state index is 12.5. The first-order valence-electron chi connectivity index (χ1n) is 9.41. The van der Waals surface area contributed by atoms with Crippen molar-refractivity contribution in [3.05, 3.63) is 106 Å². The number of rotatable bonds is 6. The fourth-order valence-corrected chi connectivity index (χ4v) is 3.97. The molecule has 0 bridgehead atoms. The predicted molar refractivity (Wildman–Crippen MR) is 122 cm³/mol. The van der Waals surface area contributed by atoms with Gasteiger partial charge in [-0.15, -0.1) is 11.3 Å². The number of carbonyl (C=O) groups excluding carboxylic acids is 1. The number of nitrogens with one attached hydrogen (secondary N) is 1. The number of ether oxygens (including phenoxy) is 1. The minimum Gasteiger partial charge on any atom is -0.457 e. The normalized spacial score (nSPS) is 10.6. The Morgan fingerprint density at radius 1 is 1.03 bits per heavy atom. The first-order chi connectivity index (χ1) is 14.6. The average molecular weight is 435 g/mol. The highest BCUT2D eigenvalue weighted by molar-refractivity contribution is 7.15. The number of carbonyl (C=O) groups is 1. The highest BCUT2D eigenvalue weighted by atomic mass is 35.5. The molecule has 1 aromatic heterocycles. The summed E-state index contributed by atoms with van der Waals surface area (Å²) in [5, 5.41) is 4.13. The third-order valence-corrected chi connectivity index (χ3v) is 5.72. The van der Waals surface area contributed by atoms with Crippen LogP contribution in [0.2, 0.25) is 5.02 Å². The lowest BCUT2D eigenvalue weighted by atomic mass is 10.1. The molecule has 0 aliphatic carbocycles. The molecule has 3 aromatic carbocycles. The van der Waals surface area contributed by atoms with Gasteiger partial charge in [0.15, 0.2) is 5.13 Å². The molecule has 6 heteroatoms. The van der Waals surface area contributed by atoms with E-state index in [0.29, 0.717) is 22.9 Å². The molecule has 1 amide bonds. The van der Waals surface area contributed by atoms with Crippen molar-refractivity contribution in [3.8, 4) is 11.5 Å². The molecule has 0 atom stereocenters. The number of halogens is 1. The Bertz CT molecular complexity index is 1170. The van der Waals surface area contributed by atoms with Crippen LogP contribution >= 0.6 is 22.9 Å². The topological polar surface area (TPSA) is 51.2 Å². The summed E-state index contributed by atoms with van der Waals surface area (Å²) in [5.41, 5.74) is 2.69. The lowest BCUT2D eigenvalue weighted by molar-refractivity contribution is 0.102. The standard InChI is InChI=1S/C24H19ClN2O2S/c1-16-5-4-7-20(13-16)29-19-11-9-17(10-12-19)23(28)27-24-26-15-21(30-24)14-18-6-2-3-8-22(18)25/h2-13,15H,14H2,1H3,(H,26,27,28). The Morgan fingerprint density at radius 2 is 1.83 bits per heavy atom. The Hall–Kier alpha value is -3.15. The molecule has 1 heterocycles. The fourth-order valence-electron chi connectivity index (χ4n) is 2.94. The fraction of sp³-hybridized carbons (Fsp3) is 0.0833. The van der Waals surface area contributed by atoms with E-state index in [1.54, 1.807) is 30.5 Å². The number of anilines is 1. The summed E-state index contributed by atoms with van der Waals surface area (Å²) in [6, 6.07) is 22.6. The monoisotopic (exact) mass is 434 g/mol. The van der Waals surface area contributed by atoms with E-state index in [1.165, 1.54) is 11.3 Å². The second-order valence-corrected chi connectivity index (χ2v) is 8.32. The van der Waals surface area contributed by atoms with Crippen LogP contribution in [0.5, 0.6) is 11.5 Å². The molecule has 0 saturated heterocycles. The van der Waals surface area contributed by atoms with E-state index in [9.17, 15) is 4.79 Å². The number of aromatic nitrogens is 1. The van der Waals surface area contributed by atoms with Crippen molar-refractivity contribution in [2.45, 2.75) is 13.3 Å². The predicted octanol–water partition coefficient (Wildman–Crippen LogP) is 6.74. The SMILES string of the molecule is Cc1cccc(Oc2ccc(C(=O)Nc3ncc(Cc4ccccc4Cl)s3)cc2)c1. The molecule has 0 unspecified atom stereocenters. The van der Waals surface area contributed by atoms with E-state index in [-0.39, 0.29) is 5.91 Å². The third-order valence-electron chi connectivity index (χ3n) is 4.44. The van der Waals surface area contributed by atoms with Gasteiger partial charge < -0.3 is 4.74 Å². The summed E-state index contributed by atoms with van der Waals surface area (Å²) >= 11 is 7.66. The number of nitrogens with zero attached hydrogens (tertiary/aromatic N) is 1. The van der Waals surface area contributed by atoms with Gasteiger partial charge in [-0.2, -0.15) is 0 Å². The second kappa shape index (κ2) is 9.11. The minimum atomic E-state index is -0.212. The molecular weight excluding hydrogens is 416 g/mol. The number of aryl methyl sites for hydroxylation is 1. The third kappa shape index (κ3) is 5.06. The van der Waals surface area contributed by atoms with Gasteiger partial charge in [0.25, 0.3) is 5.91 Å². The van der Waals surface area contributed by atoms with Crippen LogP contribution in [0.3, 0.4) is 0 Å². The van der Waals surface area contributed by atoms with Crippen molar-refractivity contribution >= 4 is 34.0 Å². The summed E-state index contributed by atoms with van der Waals surface area (Å²) < 4.78 is 5.83. The number of benzene rings is 3. The van der Waals surface area contributed by atoms with Gasteiger partial charge in [-0.05, 0) is 60.5 Å². The van der Waals surface area contributed by atoms with Crippen LogP contribution in [0.15, 0.2) is 79.0 Å². The van der Waals surface area contributed by atoms with E-state index in [2.05, 4.69) is 10.3 Å². The molecule has 1 N–H and O–H groups in total. The second-order valence-electron chi connectivity index (χ2n) is 6.80. The van der Waals surface area contributed by atoms with Crippen molar-refractivity contribution in [1.29, 1.82) is 0 Å². The summed E-state index contributed by atoms with van der Waals surface area (Å²) in [5.74, 6) is 1.23. The van der Waals surface area contributed by atoms with Crippen molar-refractivity contribution in [3.63, 3.8) is 0 Å². The molecular formula is C24H19ClN2O2S. The molecule has 0 aliphatic heterocycles. The number of amides is 1. The minimum absolute atomic E-state index is 0.212. The molecule has 4 nitrogen and oxygen atoms in total. The van der Waals surface area contributed by atoms with Gasteiger partial charge in [-0.25, -0.2) is 4.98 Å². The van der Waals surface area contributed by atoms with E-state index >= 15 is 0 Å². The summed E-state index contributed by atoms with van der Waals surface area (Å²) in [6.07, 6.45) is 2.45. The molecule has 0 saturated carbocycles. The van der Waals surface area contributed by atoms with Crippen LogP contribution in [-0.2, 0) is 6.42 Å². The summed E-state index contributed by atoms with van der Waals surface area (Å²) in [7, 11) is 0. The highest BCUT2D eigenvalue weighted by Gasteiger charge is 2.11. The maximum Gasteiger partial charge on any atom is 0.257 e. The Labute approximate surface area is 184 Å². The number of hydrogen-bond acceptors (Lipinski definition) is 4. The van der Waals surface area contributed by atoms with Crippen molar-refractivity contribution in [1.82, 2.24) is 4.98 Å². The van der Waals surface area contributed by atoms with Crippen molar-refractivity contribution in [2.24, 2.45) is 0 Å². The highest BCUT2D eigenvalue weighted by Crippen LogP contribution is 2.26. The maximum absolute atomic E-state index is 12.5. The van der Waals surface area contributed by atoms with Crippen LogP contribution < -0.4 is 10.1 Å². The van der Waals surface area contributed by atoms with Crippen LogP contribution in [0.4, 0.5) is 5.13 Å². The lowest BCUT2D eigenvalue weighted by Crippen LogP contribution is -2.11.